The topological polar surface area (TPSA) is 32.3 Å². The third-order valence-electron chi connectivity index (χ3n) is 4.85. The number of fused-ring (bicyclic) bond motifs is 5. The third kappa shape index (κ3) is 2.70. The summed E-state index contributed by atoms with van der Waals surface area (Å²) < 4.78 is 1.24. The van der Waals surface area contributed by atoms with Crippen molar-refractivity contribution in [1.29, 1.82) is 0 Å². The van der Waals surface area contributed by atoms with Crippen LogP contribution in [0.25, 0.3) is 10.1 Å². The molecule has 3 aliphatic heterocycles. The number of hydrogen-bond donors (Lipinski definition) is 1. The Morgan fingerprint density at radius 1 is 1.24 bits per heavy atom. The average molecular weight is 300 g/mol. The van der Waals surface area contributed by atoms with Crippen molar-refractivity contribution >= 4 is 27.3 Å². The molecule has 1 amide bonds. The van der Waals surface area contributed by atoms with E-state index in [9.17, 15) is 4.79 Å². The zero-order valence-corrected chi connectivity index (χ0v) is 12.9. The van der Waals surface area contributed by atoms with Gasteiger partial charge < -0.3 is 10.2 Å². The molecule has 5 rings (SSSR count). The molecule has 1 N–H and O–H groups in total. The minimum Gasteiger partial charge on any atom is -0.348 e. The smallest absolute Gasteiger partial charge is 0.251 e. The van der Waals surface area contributed by atoms with E-state index in [1.807, 2.05) is 12.1 Å². The molecule has 0 unspecified atom stereocenters. The van der Waals surface area contributed by atoms with Crippen molar-refractivity contribution in [2.75, 3.05) is 19.6 Å². The first-order valence-corrected chi connectivity index (χ1v) is 8.66. The summed E-state index contributed by atoms with van der Waals surface area (Å²) in [4.78, 5) is 15.0. The second-order valence-electron chi connectivity index (χ2n) is 6.32. The molecule has 4 heterocycles. The predicted octanol–water partition coefficient (Wildman–Crippen LogP) is 3.12. The monoisotopic (exact) mass is 300 g/mol. The molecular formula is C17H20N2OS. The van der Waals surface area contributed by atoms with Crippen molar-refractivity contribution in [3.8, 4) is 0 Å². The van der Waals surface area contributed by atoms with E-state index in [2.05, 4.69) is 27.7 Å². The van der Waals surface area contributed by atoms with Crippen LogP contribution in [0.1, 0.15) is 29.6 Å². The molecule has 0 saturated carbocycles. The molecule has 0 radical (unpaired) electrons. The lowest BCUT2D eigenvalue weighted by molar-refractivity contribution is 0.0929. The summed E-state index contributed by atoms with van der Waals surface area (Å²) in [7, 11) is 0. The molecule has 3 nitrogen and oxygen atoms in total. The maximum absolute atomic E-state index is 12.5. The van der Waals surface area contributed by atoms with Gasteiger partial charge in [-0.25, -0.2) is 0 Å². The largest absolute Gasteiger partial charge is 0.348 e. The van der Waals surface area contributed by atoms with Gasteiger partial charge in [-0.1, -0.05) is 0 Å². The Bertz CT molecular complexity index is 644. The maximum atomic E-state index is 12.5. The Morgan fingerprint density at radius 3 is 2.95 bits per heavy atom. The Hall–Kier alpha value is -1.39. The van der Waals surface area contributed by atoms with E-state index in [1.165, 1.54) is 30.6 Å². The summed E-state index contributed by atoms with van der Waals surface area (Å²) in [5.41, 5.74) is 0.785. The molecule has 3 aliphatic rings. The lowest BCUT2D eigenvalue weighted by Gasteiger charge is -2.26. The second-order valence-corrected chi connectivity index (χ2v) is 7.27. The standard InChI is InChI=1S/C17H20N2OS/c20-17(14-1-2-16-13(10-14)5-8-21-16)18-15-9-12-3-6-19(11-15)7-4-12/h1-2,5,8,10,12,15H,3-4,6-7,9,11H2,(H,18,20)/t15-/m1/s1. The number of amides is 1. The van der Waals surface area contributed by atoms with Crippen LogP contribution in [-0.4, -0.2) is 36.5 Å². The van der Waals surface area contributed by atoms with E-state index in [0.717, 1.165) is 29.8 Å². The zero-order chi connectivity index (χ0) is 14.2. The minimum absolute atomic E-state index is 0.0793. The quantitative estimate of drug-likeness (QED) is 0.924. The van der Waals surface area contributed by atoms with E-state index in [-0.39, 0.29) is 5.91 Å². The van der Waals surface area contributed by atoms with Gasteiger partial charge in [-0.15, -0.1) is 11.3 Å². The number of benzene rings is 1. The van der Waals surface area contributed by atoms with Crippen molar-refractivity contribution in [2.24, 2.45) is 5.92 Å². The second kappa shape index (κ2) is 5.43. The van der Waals surface area contributed by atoms with Crippen LogP contribution in [0, 0.1) is 5.92 Å². The number of hydrogen-bond acceptors (Lipinski definition) is 3. The number of piperidine rings is 1. The van der Waals surface area contributed by atoms with E-state index < -0.39 is 0 Å². The fraction of sp³-hybridized carbons (Fsp3) is 0.471. The SMILES string of the molecule is O=C(N[C@@H]1CC2CCN(CC2)C1)c1ccc2sccc2c1. The molecule has 21 heavy (non-hydrogen) atoms. The Morgan fingerprint density at radius 2 is 2.10 bits per heavy atom. The molecule has 110 valence electrons. The summed E-state index contributed by atoms with van der Waals surface area (Å²) >= 11 is 1.72. The minimum atomic E-state index is 0.0793. The number of carbonyl (C=O) groups excluding carboxylic acids is 1. The third-order valence-corrected chi connectivity index (χ3v) is 5.75. The van der Waals surface area contributed by atoms with E-state index >= 15 is 0 Å². The summed E-state index contributed by atoms with van der Waals surface area (Å²) in [6.07, 6.45) is 3.74. The fourth-order valence-electron chi connectivity index (χ4n) is 3.67. The Kier molecular flexibility index (Phi) is 3.43. The Balaban J connectivity index is 1.49. The fourth-order valence-corrected chi connectivity index (χ4v) is 4.45. The highest BCUT2D eigenvalue weighted by Gasteiger charge is 2.29. The molecule has 1 aromatic heterocycles. The molecule has 0 spiro atoms. The Labute approximate surface area is 128 Å². The molecule has 2 bridgehead atoms. The number of carbonyl (C=O) groups is 1. The van der Waals surface area contributed by atoms with Crippen LogP contribution in [0.15, 0.2) is 29.6 Å². The first-order valence-electron chi connectivity index (χ1n) is 7.78. The molecule has 2 aromatic rings. The van der Waals surface area contributed by atoms with Crippen molar-refractivity contribution in [2.45, 2.75) is 25.3 Å². The normalized spacial score (nSPS) is 28.5. The summed E-state index contributed by atoms with van der Waals surface area (Å²) in [6.45, 7) is 3.43. The van der Waals surface area contributed by atoms with Crippen LogP contribution >= 0.6 is 11.3 Å². The van der Waals surface area contributed by atoms with Crippen LogP contribution in [0.2, 0.25) is 0 Å². The van der Waals surface area contributed by atoms with E-state index in [4.69, 9.17) is 0 Å². The van der Waals surface area contributed by atoms with Crippen LogP contribution in [0.3, 0.4) is 0 Å². The summed E-state index contributed by atoms with van der Waals surface area (Å²) in [6, 6.07) is 8.39. The zero-order valence-electron chi connectivity index (χ0n) is 12.0. The number of nitrogens with zero attached hydrogens (tertiary/aromatic N) is 1. The van der Waals surface area contributed by atoms with Crippen molar-refractivity contribution in [3.05, 3.63) is 35.2 Å². The lowest BCUT2D eigenvalue weighted by Crippen LogP contribution is -2.41. The van der Waals surface area contributed by atoms with Gasteiger partial charge in [0, 0.05) is 22.8 Å². The number of thiophene rings is 1. The van der Waals surface area contributed by atoms with Gasteiger partial charge in [0.05, 0.1) is 0 Å². The van der Waals surface area contributed by atoms with E-state index in [1.54, 1.807) is 11.3 Å². The summed E-state index contributed by atoms with van der Waals surface area (Å²) in [5.74, 6) is 0.879. The van der Waals surface area contributed by atoms with Crippen LogP contribution in [0.5, 0.6) is 0 Å². The van der Waals surface area contributed by atoms with E-state index in [0.29, 0.717) is 6.04 Å². The van der Waals surface area contributed by atoms with Gasteiger partial charge in [0.1, 0.15) is 0 Å². The molecule has 1 atom stereocenters. The van der Waals surface area contributed by atoms with Crippen LogP contribution < -0.4 is 5.32 Å². The van der Waals surface area contributed by atoms with Gasteiger partial charge >= 0.3 is 0 Å². The van der Waals surface area contributed by atoms with Gasteiger partial charge in [0.25, 0.3) is 5.91 Å². The highest BCUT2D eigenvalue weighted by molar-refractivity contribution is 7.17. The first kappa shape index (κ1) is 13.3. The van der Waals surface area contributed by atoms with Crippen molar-refractivity contribution in [3.63, 3.8) is 0 Å². The molecule has 3 fully saturated rings. The molecule has 0 aliphatic carbocycles. The van der Waals surface area contributed by atoms with Gasteiger partial charge in [-0.2, -0.15) is 0 Å². The van der Waals surface area contributed by atoms with Gasteiger partial charge in [0.15, 0.2) is 0 Å². The molecule has 1 aromatic carbocycles. The molecular weight excluding hydrogens is 280 g/mol. The highest BCUT2D eigenvalue weighted by Crippen LogP contribution is 2.27. The van der Waals surface area contributed by atoms with Gasteiger partial charge in [0.2, 0.25) is 0 Å². The summed E-state index contributed by atoms with van der Waals surface area (Å²) in [5, 5.41) is 6.49. The van der Waals surface area contributed by atoms with Gasteiger partial charge in [-0.3, -0.25) is 4.79 Å². The highest BCUT2D eigenvalue weighted by atomic mass is 32.1. The average Bonchev–Trinajstić information content (AvgIpc) is 2.78. The predicted molar refractivity (Wildman–Crippen MR) is 86.9 cm³/mol. The van der Waals surface area contributed by atoms with Crippen LogP contribution in [-0.2, 0) is 0 Å². The van der Waals surface area contributed by atoms with Crippen molar-refractivity contribution < 1.29 is 4.79 Å². The number of rotatable bonds is 2. The first-order chi connectivity index (χ1) is 10.3. The molecule has 3 saturated heterocycles. The number of nitrogens with one attached hydrogen (secondary N) is 1. The maximum Gasteiger partial charge on any atom is 0.251 e. The lowest BCUT2D eigenvalue weighted by atomic mass is 9.94. The van der Waals surface area contributed by atoms with Crippen molar-refractivity contribution in [1.82, 2.24) is 10.2 Å². The van der Waals surface area contributed by atoms with Crippen LogP contribution in [0.4, 0.5) is 0 Å². The molecule has 4 heteroatoms. The van der Waals surface area contributed by atoms with Gasteiger partial charge in [-0.05, 0) is 73.3 Å².